The van der Waals surface area contributed by atoms with Gasteiger partial charge in [0.25, 0.3) is 0 Å². The second-order valence-corrected chi connectivity index (χ2v) is 6.68. The lowest BCUT2D eigenvalue weighted by molar-refractivity contribution is 0.00280. The minimum Gasteiger partial charge on any atom is -0.388 e. The fourth-order valence-corrected chi connectivity index (χ4v) is 2.57. The summed E-state index contributed by atoms with van der Waals surface area (Å²) in [6.07, 6.45) is 1.07. The molecule has 0 radical (unpaired) electrons. The Hall–Kier alpha value is -0.900. The third kappa shape index (κ3) is 3.81. The van der Waals surface area contributed by atoms with Crippen LogP contribution >= 0.6 is 15.9 Å². The van der Waals surface area contributed by atoms with Gasteiger partial charge in [0.1, 0.15) is 0 Å². The molecule has 0 amide bonds. The van der Waals surface area contributed by atoms with Gasteiger partial charge in [-0.1, -0.05) is 34.1 Å². The number of aliphatic hydroxyl groups excluding tert-OH is 1. The van der Waals surface area contributed by atoms with E-state index in [1.807, 2.05) is 26.0 Å². The number of hydrogen-bond donors (Lipinski definition) is 1. The van der Waals surface area contributed by atoms with Crippen LogP contribution in [0.1, 0.15) is 38.4 Å². The molecule has 1 atom stereocenters. The van der Waals surface area contributed by atoms with Crippen molar-refractivity contribution in [3.05, 3.63) is 46.4 Å². The van der Waals surface area contributed by atoms with E-state index < -0.39 is 6.10 Å². The minimum absolute atomic E-state index is 0.192. The molecule has 2 aromatic rings. The number of methoxy groups -OCH3 is 1. The number of aliphatic hydroxyl groups is 1. The van der Waals surface area contributed by atoms with Crippen molar-refractivity contribution in [3.8, 4) is 0 Å². The molecule has 0 aliphatic carbocycles. The molecule has 20 heavy (non-hydrogen) atoms. The zero-order chi connectivity index (χ0) is 14.8. The molecule has 0 heterocycles. The van der Waals surface area contributed by atoms with Crippen LogP contribution in [0.4, 0.5) is 0 Å². The van der Waals surface area contributed by atoms with E-state index in [1.54, 1.807) is 7.11 Å². The van der Waals surface area contributed by atoms with Crippen molar-refractivity contribution in [1.29, 1.82) is 0 Å². The maximum Gasteiger partial charge on any atom is 0.0791 e. The highest BCUT2D eigenvalue weighted by Gasteiger charge is 2.19. The van der Waals surface area contributed by atoms with Crippen LogP contribution in [0, 0.1) is 0 Å². The van der Waals surface area contributed by atoms with Crippen molar-refractivity contribution in [2.75, 3.05) is 7.11 Å². The van der Waals surface area contributed by atoms with Gasteiger partial charge in [0.2, 0.25) is 0 Å². The predicted octanol–water partition coefficient (Wildman–Crippen LogP) is 4.84. The highest BCUT2D eigenvalue weighted by Crippen LogP contribution is 2.27. The Morgan fingerprint density at radius 2 is 1.80 bits per heavy atom. The second kappa shape index (κ2) is 6.25. The molecule has 1 N–H and O–H groups in total. The summed E-state index contributed by atoms with van der Waals surface area (Å²) >= 11 is 3.47. The standard InChI is InChI=1S/C17H21BrO2/c1-17(2,20-3)9-8-16(19)14-5-4-13-11-15(18)7-6-12(13)10-14/h4-7,10-11,16,19H,8-9H2,1-3H3. The van der Waals surface area contributed by atoms with E-state index in [9.17, 15) is 5.11 Å². The van der Waals surface area contributed by atoms with Crippen molar-refractivity contribution in [2.24, 2.45) is 0 Å². The van der Waals surface area contributed by atoms with Gasteiger partial charge in [0.15, 0.2) is 0 Å². The summed E-state index contributed by atoms with van der Waals surface area (Å²) in [6, 6.07) is 12.3. The zero-order valence-electron chi connectivity index (χ0n) is 12.2. The number of ether oxygens (including phenoxy) is 1. The number of halogens is 1. The van der Waals surface area contributed by atoms with Gasteiger partial charge in [-0.2, -0.15) is 0 Å². The Morgan fingerprint density at radius 1 is 1.15 bits per heavy atom. The Bertz CT molecular complexity index is 593. The summed E-state index contributed by atoms with van der Waals surface area (Å²) in [4.78, 5) is 0. The average molecular weight is 337 g/mol. The molecule has 0 bridgehead atoms. The van der Waals surface area contributed by atoms with Gasteiger partial charge in [0.05, 0.1) is 11.7 Å². The molecule has 0 aliphatic rings. The number of rotatable bonds is 5. The molecule has 0 fully saturated rings. The van der Waals surface area contributed by atoms with Gasteiger partial charge in [-0.3, -0.25) is 0 Å². The van der Waals surface area contributed by atoms with Crippen LogP contribution in [0.15, 0.2) is 40.9 Å². The topological polar surface area (TPSA) is 29.5 Å². The first-order valence-electron chi connectivity index (χ1n) is 6.84. The number of benzene rings is 2. The first-order valence-corrected chi connectivity index (χ1v) is 7.63. The molecule has 0 aromatic heterocycles. The number of hydrogen-bond acceptors (Lipinski definition) is 2. The van der Waals surface area contributed by atoms with Gasteiger partial charge in [-0.05, 0) is 61.2 Å². The minimum atomic E-state index is -0.447. The average Bonchev–Trinajstić information content (AvgIpc) is 2.44. The van der Waals surface area contributed by atoms with Gasteiger partial charge in [-0.15, -0.1) is 0 Å². The lowest BCUT2D eigenvalue weighted by Gasteiger charge is -2.24. The summed E-state index contributed by atoms with van der Waals surface area (Å²) in [7, 11) is 1.71. The van der Waals surface area contributed by atoms with Crippen molar-refractivity contribution in [3.63, 3.8) is 0 Å². The predicted molar refractivity (Wildman–Crippen MR) is 86.9 cm³/mol. The van der Waals surface area contributed by atoms with Crippen molar-refractivity contribution < 1.29 is 9.84 Å². The molecule has 0 saturated heterocycles. The SMILES string of the molecule is COC(C)(C)CCC(O)c1ccc2cc(Br)ccc2c1. The first kappa shape index (κ1) is 15.5. The van der Waals surface area contributed by atoms with Crippen LogP contribution in [0.2, 0.25) is 0 Å². The van der Waals surface area contributed by atoms with Crippen LogP contribution in [-0.4, -0.2) is 17.8 Å². The molecule has 2 aromatic carbocycles. The van der Waals surface area contributed by atoms with Crippen molar-refractivity contribution >= 4 is 26.7 Å². The molecule has 0 saturated carbocycles. The molecule has 108 valence electrons. The van der Waals surface area contributed by atoms with E-state index in [-0.39, 0.29) is 5.60 Å². The third-order valence-corrected chi connectivity index (χ3v) is 4.28. The van der Waals surface area contributed by atoms with Crippen LogP contribution in [0.25, 0.3) is 10.8 Å². The monoisotopic (exact) mass is 336 g/mol. The van der Waals surface area contributed by atoms with E-state index in [4.69, 9.17) is 4.74 Å². The quantitative estimate of drug-likeness (QED) is 0.846. The fraction of sp³-hybridized carbons (Fsp3) is 0.412. The summed E-state index contributed by atoms with van der Waals surface area (Å²) in [5.74, 6) is 0. The second-order valence-electron chi connectivity index (χ2n) is 5.77. The van der Waals surface area contributed by atoms with Crippen LogP contribution < -0.4 is 0 Å². The maximum atomic E-state index is 10.3. The van der Waals surface area contributed by atoms with Crippen LogP contribution in [0.3, 0.4) is 0 Å². The lowest BCUT2D eigenvalue weighted by atomic mass is 9.95. The zero-order valence-corrected chi connectivity index (χ0v) is 13.8. The maximum absolute atomic E-state index is 10.3. The molecule has 1 unspecified atom stereocenters. The lowest BCUT2D eigenvalue weighted by Crippen LogP contribution is -2.23. The van der Waals surface area contributed by atoms with E-state index >= 15 is 0 Å². The van der Waals surface area contributed by atoms with Gasteiger partial charge < -0.3 is 9.84 Å². The van der Waals surface area contributed by atoms with E-state index in [0.717, 1.165) is 21.8 Å². The Morgan fingerprint density at radius 3 is 2.50 bits per heavy atom. The summed E-state index contributed by atoms with van der Waals surface area (Å²) in [5, 5.41) is 12.7. The normalized spacial score (nSPS) is 13.7. The largest absolute Gasteiger partial charge is 0.388 e. The van der Waals surface area contributed by atoms with E-state index in [1.165, 1.54) is 5.39 Å². The van der Waals surface area contributed by atoms with Gasteiger partial charge in [0, 0.05) is 11.6 Å². The number of fused-ring (bicyclic) bond motifs is 1. The van der Waals surface area contributed by atoms with Crippen LogP contribution in [0.5, 0.6) is 0 Å². The Kier molecular flexibility index (Phi) is 4.84. The van der Waals surface area contributed by atoms with Crippen LogP contribution in [-0.2, 0) is 4.74 Å². The summed E-state index contributed by atoms with van der Waals surface area (Å²) in [5.41, 5.74) is 0.773. The molecular weight excluding hydrogens is 316 g/mol. The fourth-order valence-electron chi connectivity index (χ4n) is 2.20. The molecule has 0 aliphatic heterocycles. The highest BCUT2D eigenvalue weighted by molar-refractivity contribution is 9.10. The van der Waals surface area contributed by atoms with Crippen molar-refractivity contribution in [2.45, 2.75) is 38.4 Å². The van der Waals surface area contributed by atoms with Crippen molar-refractivity contribution in [1.82, 2.24) is 0 Å². The molecule has 2 nitrogen and oxygen atoms in total. The molecule has 0 spiro atoms. The van der Waals surface area contributed by atoms with E-state index in [2.05, 4.69) is 40.2 Å². The van der Waals surface area contributed by atoms with E-state index in [0.29, 0.717) is 6.42 Å². The first-order chi connectivity index (χ1) is 9.41. The molecular formula is C17H21BrO2. The highest BCUT2D eigenvalue weighted by atomic mass is 79.9. The Labute approximate surface area is 128 Å². The molecule has 2 rings (SSSR count). The Balaban J connectivity index is 2.14. The van der Waals surface area contributed by atoms with Gasteiger partial charge in [-0.25, -0.2) is 0 Å². The van der Waals surface area contributed by atoms with Gasteiger partial charge >= 0.3 is 0 Å². The summed E-state index contributed by atoms with van der Waals surface area (Å²) in [6.45, 7) is 4.08. The summed E-state index contributed by atoms with van der Waals surface area (Å²) < 4.78 is 6.46. The molecule has 3 heteroatoms. The smallest absolute Gasteiger partial charge is 0.0791 e. The third-order valence-electron chi connectivity index (χ3n) is 3.78.